The van der Waals surface area contributed by atoms with E-state index in [0.29, 0.717) is 0 Å². The maximum Gasteiger partial charge on any atom is 0.229 e. The van der Waals surface area contributed by atoms with E-state index in [-0.39, 0.29) is 11.3 Å². The Bertz CT molecular complexity index is 974. The molecular weight excluding hydrogens is 332 g/mol. The lowest BCUT2D eigenvalue weighted by molar-refractivity contribution is -0.123. The average molecular weight is 361 g/mol. The molecule has 3 rings (SSSR count). The predicted octanol–water partition coefficient (Wildman–Crippen LogP) is 6.18. The van der Waals surface area contributed by atoms with Crippen LogP contribution in [-0.4, -0.2) is 10.9 Å². The second kappa shape index (κ2) is 6.80. The summed E-state index contributed by atoms with van der Waals surface area (Å²) in [5, 5.41) is 4.07. The van der Waals surface area contributed by atoms with Gasteiger partial charge in [-0.2, -0.15) is 0 Å². The van der Waals surface area contributed by atoms with E-state index in [4.69, 9.17) is 0 Å². The summed E-state index contributed by atoms with van der Waals surface area (Å²) >= 11 is 0. The minimum atomic E-state index is -0.456. The highest BCUT2D eigenvalue weighted by atomic mass is 16.2. The fourth-order valence-electron chi connectivity index (χ4n) is 2.98. The number of pyridine rings is 1. The van der Waals surface area contributed by atoms with Crippen molar-refractivity contribution >= 4 is 22.5 Å². The minimum Gasteiger partial charge on any atom is -0.324 e. The zero-order chi connectivity index (χ0) is 19.8. The average Bonchev–Trinajstić information content (AvgIpc) is 2.60. The lowest BCUT2D eigenvalue weighted by Crippen LogP contribution is -2.27. The molecular formula is C24H28N2O. The van der Waals surface area contributed by atoms with Gasteiger partial charge in [-0.05, 0) is 34.2 Å². The number of aromatic nitrogens is 1. The highest BCUT2D eigenvalue weighted by Gasteiger charge is 2.22. The van der Waals surface area contributed by atoms with Crippen LogP contribution in [0, 0.1) is 5.41 Å². The second-order valence-electron chi connectivity index (χ2n) is 9.09. The lowest BCUT2D eigenvalue weighted by atomic mass is 9.86. The van der Waals surface area contributed by atoms with E-state index >= 15 is 0 Å². The summed E-state index contributed by atoms with van der Waals surface area (Å²) in [6.45, 7) is 12.4. The summed E-state index contributed by atoms with van der Waals surface area (Å²) in [7, 11) is 0. The molecule has 0 saturated heterocycles. The van der Waals surface area contributed by atoms with Crippen LogP contribution in [0.1, 0.15) is 47.1 Å². The molecule has 0 spiro atoms. The quantitative estimate of drug-likeness (QED) is 0.592. The molecule has 1 N–H and O–H groups in total. The molecule has 2 aromatic carbocycles. The normalized spacial score (nSPS) is 12.2. The third-order valence-electron chi connectivity index (χ3n) is 4.76. The van der Waals surface area contributed by atoms with Crippen molar-refractivity contribution in [1.82, 2.24) is 4.98 Å². The number of amides is 1. The summed E-state index contributed by atoms with van der Waals surface area (Å²) in [5.41, 5.74) is 4.81. The molecule has 0 bridgehead atoms. The number of rotatable bonds is 2. The first-order chi connectivity index (χ1) is 12.6. The maximum absolute atomic E-state index is 12.4. The van der Waals surface area contributed by atoms with Crippen LogP contribution in [0.3, 0.4) is 0 Å². The Hall–Kier alpha value is -2.68. The van der Waals surface area contributed by atoms with Gasteiger partial charge in [-0.3, -0.25) is 9.78 Å². The molecule has 0 aliphatic carbocycles. The summed E-state index contributed by atoms with van der Waals surface area (Å²) < 4.78 is 0. The Balaban J connectivity index is 2.06. The van der Waals surface area contributed by atoms with E-state index in [0.717, 1.165) is 27.7 Å². The van der Waals surface area contributed by atoms with E-state index in [2.05, 4.69) is 67.5 Å². The van der Waals surface area contributed by atoms with Gasteiger partial charge in [0.2, 0.25) is 5.91 Å². The van der Waals surface area contributed by atoms with Crippen molar-refractivity contribution in [1.29, 1.82) is 0 Å². The SMILES string of the molecule is CC(C)(C)C(=O)Nc1ccc(-c2ccc(C(C)(C)C)cc2)c2cccnc12. The van der Waals surface area contributed by atoms with Crippen molar-refractivity contribution in [2.24, 2.45) is 5.41 Å². The number of fused-ring (bicyclic) bond motifs is 1. The van der Waals surface area contributed by atoms with Crippen LogP contribution in [0.5, 0.6) is 0 Å². The van der Waals surface area contributed by atoms with Crippen molar-refractivity contribution < 1.29 is 4.79 Å². The van der Waals surface area contributed by atoms with Crippen molar-refractivity contribution in [2.75, 3.05) is 5.32 Å². The summed E-state index contributed by atoms with van der Waals surface area (Å²) in [5.74, 6) is -0.0169. The highest BCUT2D eigenvalue weighted by Crippen LogP contribution is 2.34. The van der Waals surface area contributed by atoms with E-state index in [1.54, 1.807) is 6.20 Å². The first-order valence-electron chi connectivity index (χ1n) is 9.37. The molecule has 1 heterocycles. The molecule has 3 nitrogen and oxygen atoms in total. The molecule has 3 heteroatoms. The molecule has 0 radical (unpaired) electrons. The van der Waals surface area contributed by atoms with Gasteiger partial charge in [-0.1, -0.05) is 77.9 Å². The van der Waals surface area contributed by atoms with Gasteiger partial charge >= 0.3 is 0 Å². The maximum atomic E-state index is 12.4. The smallest absolute Gasteiger partial charge is 0.229 e. The Morgan fingerprint density at radius 2 is 1.56 bits per heavy atom. The molecule has 140 valence electrons. The number of benzene rings is 2. The third kappa shape index (κ3) is 4.02. The van der Waals surface area contributed by atoms with Crippen molar-refractivity contribution in [3.05, 3.63) is 60.3 Å². The fraction of sp³-hybridized carbons (Fsp3) is 0.333. The molecule has 1 amide bonds. The summed E-state index contributed by atoms with van der Waals surface area (Å²) in [6.07, 6.45) is 1.77. The van der Waals surface area contributed by atoms with Gasteiger partial charge in [0.25, 0.3) is 0 Å². The Kier molecular flexibility index (Phi) is 4.81. The van der Waals surface area contributed by atoms with Gasteiger partial charge in [-0.25, -0.2) is 0 Å². The van der Waals surface area contributed by atoms with Crippen molar-refractivity contribution in [2.45, 2.75) is 47.0 Å². The van der Waals surface area contributed by atoms with Crippen molar-refractivity contribution in [3.8, 4) is 11.1 Å². The van der Waals surface area contributed by atoms with E-state index in [9.17, 15) is 4.79 Å². The van der Waals surface area contributed by atoms with Gasteiger partial charge < -0.3 is 5.32 Å². The van der Waals surface area contributed by atoms with Crippen LogP contribution in [-0.2, 0) is 10.2 Å². The molecule has 0 aliphatic heterocycles. The Morgan fingerprint density at radius 1 is 0.889 bits per heavy atom. The number of hydrogen-bond donors (Lipinski definition) is 1. The van der Waals surface area contributed by atoms with Gasteiger partial charge in [0, 0.05) is 17.0 Å². The number of anilines is 1. The number of carbonyl (C=O) groups is 1. The van der Waals surface area contributed by atoms with E-state index in [1.807, 2.05) is 32.9 Å². The van der Waals surface area contributed by atoms with Crippen LogP contribution < -0.4 is 5.32 Å². The number of carbonyl (C=O) groups excluding carboxylic acids is 1. The molecule has 0 unspecified atom stereocenters. The van der Waals surface area contributed by atoms with Crippen molar-refractivity contribution in [3.63, 3.8) is 0 Å². The zero-order valence-electron chi connectivity index (χ0n) is 17.1. The zero-order valence-corrected chi connectivity index (χ0v) is 17.1. The van der Waals surface area contributed by atoms with E-state index in [1.165, 1.54) is 5.56 Å². The van der Waals surface area contributed by atoms with Crippen LogP contribution in [0.15, 0.2) is 54.7 Å². The third-order valence-corrected chi connectivity index (χ3v) is 4.76. The van der Waals surface area contributed by atoms with Gasteiger partial charge in [-0.15, -0.1) is 0 Å². The Morgan fingerprint density at radius 3 is 2.15 bits per heavy atom. The molecule has 0 saturated carbocycles. The highest BCUT2D eigenvalue weighted by molar-refractivity contribution is 6.06. The fourth-order valence-corrected chi connectivity index (χ4v) is 2.98. The largest absolute Gasteiger partial charge is 0.324 e. The minimum absolute atomic E-state index is 0.0169. The molecule has 1 aromatic heterocycles. The molecule has 0 atom stereocenters. The number of nitrogens with zero attached hydrogens (tertiary/aromatic N) is 1. The first-order valence-corrected chi connectivity index (χ1v) is 9.37. The summed E-state index contributed by atoms with van der Waals surface area (Å²) in [6, 6.07) is 16.7. The van der Waals surface area contributed by atoms with Gasteiger partial charge in [0.05, 0.1) is 11.2 Å². The van der Waals surface area contributed by atoms with Crippen LogP contribution >= 0.6 is 0 Å². The predicted molar refractivity (Wildman–Crippen MR) is 114 cm³/mol. The lowest BCUT2D eigenvalue weighted by Gasteiger charge is -2.20. The summed E-state index contributed by atoms with van der Waals surface area (Å²) in [4.78, 5) is 17.0. The molecule has 27 heavy (non-hydrogen) atoms. The molecule has 0 fully saturated rings. The van der Waals surface area contributed by atoms with Crippen LogP contribution in [0.4, 0.5) is 5.69 Å². The molecule has 3 aromatic rings. The monoisotopic (exact) mass is 360 g/mol. The second-order valence-corrected chi connectivity index (χ2v) is 9.09. The van der Waals surface area contributed by atoms with Crippen LogP contribution in [0.2, 0.25) is 0 Å². The topological polar surface area (TPSA) is 42.0 Å². The van der Waals surface area contributed by atoms with Gasteiger partial charge in [0.15, 0.2) is 0 Å². The van der Waals surface area contributed by atoms with Gasteiger partial charge in [0.1, 0.15) is 0 Å². The molecule has 0 aliphatic rings. The van der Waals surface area contributed by atoms with E-state index < -0.39 is 5.41 Å². The first kappa shape index (κ1) is 19.1. The number of nitrogens with one attached hydrogen (secondary N) is 1. The Labute approximate surface area is 161 Å². The standard InChI is InChI=1S/C24H28N2O/c1-23(2,3)17-11-9-16(10-12-17)18-13-14-20(26-22(27)24(4,5)6)21-19(18)8-7-15-25-21/h7-15H,1-6H3,(H,26,27). The van der Waals surface area contributed by atoms with Crippen LogP contribution in [0.25, 0.3) is 22.0 Å². The number of hydrogen-bond acceptors (Lipinski definition) is 2.